The standard InChI is InChI=1S/C33H49N/c1-5-17-33(6-2)19-16-27-26(21-33)11-12-29-28(27)15-18-32(4)30(13-14-31(29)32)23(3)20-24-7-9-25(22-34)10-8-24/h7-10,23,26-31H,5-6,11-21H2,1-4H3/t23?,26?,27?,28?,29?,30?,31?,32?,33-/m0/s1. The third kappa shape index (κ3) is 4.16. The Morgan fingerprint density at radius 3 is 2.41 bits per heavy atom. The Morgan fingerprint density at radius 1 is 0.941 bits per heavy atom. The molecule has 0 saturated heterocycles. The van der Waals surface area contributed by atoms with Crippen LogP contribution < -0.4 is 0 Å². The normalized spacial score (nSPS) is 42.2. The fourth-order valence-corrected chi connectivity index (χ4v) is 10.5. The summed E-state index contributed by atoms with van der Waals surface area (Å²) in [4.78, 5) is 0. The quantitative estimate of drug-likeness (QED) is 0.416. The summed E-state index contributed by atoms with van der Waals surface area (Å²) in [5.41, 5.74) is 3.45. The largest absolute Gasteiger partial charge is 0.192 e. The maximum Gasteiger partial charge on any atom is 0.0991 e. The molecule has 1 heteroatoms. The summed E-state index contributed by atoms with van der Waals surface area (Å²) in [5.74, 6) is 6.75. The lowest BCUT2D eigenvalue weighted by molar-refractivity contribution is -0.0862. The van der Waals surface area contributed by atoms with Crippen LogP contribution in [0.5, 0.6) is 0 Å². The Balaban J connectivity index is 1.27. The van der Waals surface area contributed by atoms with Gasteiger partial charge < -0.3 is 0 Å². The molecule has 4 aliphatic rings. The van der Waals surface area contributed by atoms with Crippen LogP contribution in [0.4, 0.5) is 0 Å². The molecule has 0 heterocycles. The molecule has 4 fully saturated rings. The van der Waals surface area contributed by atoms with E-state index in [1.54, 1.807) is 12.8 Å². The maximum absolute atomic E-state index is 9.13. The van der Waals surface area contributed by atoms with Crippen LogP contribution in [0.1, 0.15) is 116 Å². The Labute approximate surface area is 210 Å². The highest BCUT2D eigenvalue weighted by atomic mass is 14.6. The predicted molar refractivity (Wildman–Crippen MR) is 142 cm³/mol. The molecule has 0 radical (unpaired) electrons. The first kappa shape index (κ1) is 24.4. The van der Waals surface area contributed by atoms with E-state index in [9.17, 15) is 0 Å². The van der Waals surface area contributed by atoms with E-state index in [1.807, 2.05) is 12.1 Å². The fourth-order valence-electron chi connectivity index (χ4n) is 10.5. The van der Waals surface area contributed by atoms with Crippen LogP contribution >= 0.6 is 0 Å². The summed E-state index contributed by atoms with van der Waals surface area (Å²) in [7, 11) is 0. The molecule has 0 bridgehead atoms. The van der Waals surface area contributed by atoms with Crippen LogP contribution in [0.2, 0.25) is 0 Å². The van der Waals surface area contributed by atoms with Crippen molar-refractivity contribution in [1.82, 2.24) is 0 Å². The Morgan fingerprint density at radius 2 is 1.71 bits per heavy atom. The zero-order valence-electron chi connectivity index (χ0n) is 22.5. The zero-order valence-corrected chi connectivity index (χ0v) is 22.5. The Kier molecular flexibility index (Phi) is 6.92. The molecule has 0 spiro atoms. The second-order valence-corrected chi connectivity index (χ2v) is 13.5. The minimum atomic E-state index is 0.560. The van der Waals surface area contributed by atoms with Gasteiger partial charge in [-0.05, 0) is 141 Å². The smallest absolute Gasteiger partial charge is 0.0991 e. The number of rotatable bonds is 6. The van der Waals surface area contributed by atoms with Crippen molar-refractivity contribution in [2.75, 3.05) is 0 Å². The highest BCUT2D eigenvalue weighted by Crippen LogP contribution is 2.66. The number of hydrogen-bond donors (Lipinski definition) is 0. The minimum Gasteiger partial charge on any atom is -0.192 e. The number of nitriles is 1. The van der Waals surface area contributed by atoms with E-state index in [0.29, 0.717) is 10.8 Å². The van der Waals surface area contributed by atoms with Crippen molar-refractivity contribution in [2.24, 2.45) is 52.3 Å². The molecule has 5 rings (SSSR count). The van der Waals surface area contributed by atoms with Crippen molar-refractivity contribution in [3.05, 3.63) is 35.4 Å². The van der Waals surface area contributed by atoms with Gasteiger partial charge in [0, 0.05) is 0 Å². The van der Waals surface area contributed by atoms with Crippen molar-refractivity contribution < 1.29 is 0 Å². The van der Waals surface area contributed by atoms with Gasteiger partial charge >= 0.3 is 0 Å². The number of benzene rings is 1. The summed E-state index contributed by atoms with van der Waals surface area (Å²) in [6.07, 6.45) is 19.1. The van der Waals surface area contributed by atoms with E-state index < -0.39 is 0 Å². The van der Waals surface area contributed by atoms with Crippen molar-refractivity contribution >= 4 is 0 Å². The van der Waals surface area contributed by atoms with E-state index in [2.05, 4.69) is 45.9 Å². The molecule has 0 aromatic heterocycles. The Hall–Kier alpha value is -1.29. The van der Waals surface area contributed by atoms with Gasteiger partial charge in [-0.25, -0.2) is 0 Å². The SMILES string of the molecule is CCC[C@@]1(CC)CCC2C(CCC3C2CCC2(C)C(C(C)Cc4ccc(C#N)cc4)CCC32)C1. The second kappa shape index (κ2) is 9.64. The monoisotopic (exact) mass is 459 g/mol. The molecule has 0 N–H and O–H groups in total. The summed E-state index contributed by atoms with van der Waals surface area (Å²) in [6, 6.07) is 10.7. The first-order chi connectivity index (χ1) is 16.4. The third-order valence-corrected chi connectivity index (χ3v) is 12.2. The first-order valence-electron chi connectivity index (χ1n) is 14.9. The molecule has 4 saturated carbocycles. The lowest BCUT2D eigenvalue weighted by atomic mass is 9.47. The summed E-state index contributed by atoms with van der Waals surface area (Å²) in [6.45, 7) is 10.1. The fraction of sp³-hybridized carbons (Fsp3) is 0.788. The van der Waals surface area contributed by atoms with Gasteiger partial charge in [-0.15, -0.1) is 0 Å². The molecule has 1 aromatic carbocycles. The van der Waals surface area contributed by atoms with Crippen LogP contribution in [-0.2, 0) is 6.42 Å². The van der Waals surface area contributed by atoms with Crippen molar-refractivity contribution in [3.63, 3.8) is 0 Å². The number of hydrogen-bond acceptors (Lipinski definition) is 1. The summed E-state index contributed by atoms with van der Waals surface area (Å²) >= 11 is 0. The third-order valence-electron chi connectivity index (χ3n) is 12.2. The van der Waals surface area contributed by atoms with Gasteiger partial charge in [-0.1, -0.05) is 52.7 Å². The first-order valence-corrected chi connectivity index (χ1v) is 14.9. The molecule has 4 aliphatic carbocycles. The molecule has 1 aromatic rings. The average Bonchev–Trinajstić information content (AvgIpc) is 3.21. The number of fused-ring (bicyclic) bond motifs is 5. The van der Waals surface area contributed by atoms with Crippen LogP contribution in [0.25, 0.3) is 0 Å². The van der Waals surface area contributed by atoms with Gasteiger partial charge in [0.2, 0.25) is 0 Å². The van der Waals surface area contributed by atoms with Gasteiger partial charge in [-0.3, -0.25) is 0 Å². The van der Waals surface area contributed by atoms with Crippen molar-refractivity contribution in [2.45, 2.75) is 111 Å². The van der Waals surface area contributed by atoms with E-state index in [-0.39, 0.29) is 0 Å². The van der Waals surface area contributed by atoms with Gasteiger partial charge in [-0.2, -0.15) is 5.26 Å². The van der Waals surface area contributed by atoms with Gasteiger partial charge in [0.25, 0.3) is 0 Å². The number of nitrogens with zero attached hydrogens (tertiary/aromatic N) is 1. The van der Waals surface area contributed by atoms with E-state index in [1.165, 1.54) is 76.2 Å². The lowest BCUT2D eigenvalue weighted by Crippen LogP contribution is -2.50. The second-order valence-electron chi connectivity index (χ2n) is 13.5. The molecule has 186 valence electrons. The lowest BCUT2D eigenvalue weighted by Gasteiger charge is -2.58. The molecule has 0 amide bonds. The van der Waals surface area contributed by atoms with Gasteiger partial charge in [0.05, 0.1) is 11.6 Å². The minimum absolute atomic E-state index is 0.560. The molecule has 9 atom stereocenters. The molecular formula is C33H49N. The van der Waals surface area contributed by atoms with Gasteiger partial charge in [0.15, 0.2) is 0 Å². The average molecular weight is 460 g/mol. The summed E-state index contributed by atoms with van der Waals surface area (Å²) < 4.78 is 0. The van der Waals surface area contributed by atoms with E-state index in [0.717, 1.165) is 47.0 Å². The molecule has 34 heavy (non-hydrogen) atoms. The topological polar surface area (TPSA) is 23.8 Å². The van der Waals surface area contributed by atoms with E-state index >= 15 is 0 Å². The van der Waals surface area contributed by atoms with Crippen molar-refractivity contribution in [1.29, 1.82) is 5.26 Å². The predicted octanol–water partition coefficient (Wildman–Crippen LogP) is 9.20. The van der Waals surface area contributed by atoms with Crippen LogP contribution in [0, 0.1) is 63.6 Å². The summed E-state index contributed by atoms with van der Waals surface area (Å²) in [5, 5.41) is 9.13. The van der Waals surface area contributed by atoms with Gasteiger partial charge in [0.1, 0.15) is 0 Å². The van der Waals surface area contributed by atoms with E-state index in [4.69, 9.17) is 5.26 Å². The van der Waals surface area contributed by atoms with Crippen LogP contribution in [0.15, 0.2) is 24.3 Å². The Bertz CT molecular complexity index is 879. The van der Waals surface area contributed by atoms with Crippen LogP contribution in [-0.4, -0.2) is 0 Å². The molecule has 0 aliphatic heterocycles. The molecule has 8 unspecified atom stereocenters. The highest BCUT2D eigenvalue weighted by Gasteiger charge is 2.58. The highest BCUT2D eigenvalue weighted by molar-refractivity contribution is 5.31. The zero-order chi connectivity index (χ0) is 23.9. The van der Waals surface area contributed by atoms with Crippen LogP contribution in [0.3, 0.4) is 0 Å². The molecule has 1 nitrogen and oxygen atoms in total. The van der Waals surface area contributed by atoms with Crippen molar-refractivity contribution in [3.8, 4) is 6.07 Å². The maximum atomic E-state index is 9.13. The molecular weight excluding hydrogens is 410 g/mol.